The molecule has 2 heteroatoms. The van der Waals surface area contributed by atoms with Crippen LogP contribution in [-0.2, 0) is 9.47 Å². The van der Waals surface area contributed by atoms with E-state index < -0.39 is 0 Å². The zero-order chi connectivity index (χ0) is 19.7. The Labute approximate surface area is 166 Å². The summed E-state index contributed by atoms with van der Waals surface area (Å²) in [5.74, 6) is 0. The fourth-order valence-corrected chi connectivity index (χ4v) is 3.83. The molecule has 0 amide bonds. The lowest BCUT2D eigenvalue weighted by molar-refractivity contribution is -0.155. The fraction of sp³-hybridized carbons (Fsp3) is 0.600. The molecule has 0 spiro atoms. The Morgan fingerprint density at radius 2 is 1.96 bits per heavy atom. The van der Waals surface area contributed by atoms with Crippen molar-refractivity contribution in [3.05, 3.63) is 58.7 Å². The van der Waals surface area contributed by atoms with Crippen LogP contribution in [0.1, 0.15) is 73.1 Å². The maximum Gasteiger partial charge on any atom is 0.157 e. The Balaban J connectivity index is 1.83. The highest BCUT2D eigenvalue weighted by Gasteiger charge is 2.26. The van der Waals surface area contributed by atoms with Gasteiger partial charge in [-0.15, -0.1) is 0 Å². The minimum atomic E-state index is -0.0131. The van der Waals surface area contributed by atoms with Gasteiger partial charge in [0, 0.05) is 6.61 Å². The lowest BCUT2D eigenvalue weighted by Crippen LogP contribution is -2.22. The summed E-state index contributed by atoms with van der Waals surface area (Å²) in [5.41, 5.74) is 5.85. The average molecular weight is 371 g/mol. The highest BCUT2D eigenvalue weighted by Crippen LogP contribution is 2.40. The van der Waals surface area contributed by atoms with Crippen LogP contribution in [0.15, 0.2) is 58.7 Å². The van der Waals surface area contributed by atoms with Gasteiger partial charge >= 0.3 is 0 Å². The molecule has 0 aromatic heterocycles. The molecule has 1 atom stereocenters. The summed E-state index contributed by atoms with van der Waals surface area (Å²) in [5, 5.41) is 0. The fourth-order valence-electron chi connectivity index (χ4n) is 3.83. The van der Waals surface area contributed by atoms with E-state index in [0.29, 0.717) is 12.0 Å². The first-order valence-electron chi connectivity index (χ1n) is 10.5. The molecule has 150 valence electrons. The third kappa shape index (κ3) is 7.63. The van der Waals surface area contributed by atoms with Crippen molar-refractivity contribution in [2.75, 3.05) is 13.2 Å². The van der Waals surface area contributed by atoms with Crippen LogP contribution in [0.4, 0.5) is 0 Å². The summed E-state index contributed by atoms with van der Waals surface area (Å²) in [6.45, 7) is 12.7. The van der Waals surface area contributed by atoms with Gasteiger partial charge in [-0.1, -0.05) is 67.0 Å². The smallest absolute Gasteiger partial charge is 0.157 e. The monoisotopic (exact) mass is 370 g/mol. The average Bonchev–Trinajstić information content (AvgIpc) is 2.61. The van der Waals surface area contributed by atoms with E-state index in [1.54, 1.807) is 5.57 Å². The summed E-state index contributed by atoms with van der Waals surface area (Å²) in [4.78, 5) is 0. The predicted octanol–water partition coefficient (Wildman–Crippen LogP) is 7.06. The molecule has 27 heavy (non-hydrogen) atoms. The standard InChI is InChI=1S/C25H38O2/c1-20(14-15-23-22(3)12-9-17-25(23,4)5)10-8-11-21(2)16-19-27-24-13-6-7-18-26-24/h8,10-11,14-16,24H,6-7,9,12-13,17-19H2,1-5H3/b11-8+,15-14+,20-10+,21-16+. The van der Waals surface area contributed by atoms with Crippen molar-refractivity contribution in [3.63, 3.8) is 0 Å². The Bertz CT molecular complexity index is 623. The maximum atomic E-state index is 5.75. The summed E-state index contributed by atoms with van der Waals surface area (Å²) in [6, 6.07) is 0. The molecule has 1 aliphatic heterocycles. The number of hydrogen-bond acceptors (Lipinski definition) is 2. The van der Waals surface area contributed by atoms with E-state index >= 15 is 0 Å². The SMILES string of the molecule is CC1=C(/C=C/C(C)=C/C=C/C(C)=C/COC2CCCCO2)C(C)(C)CCC1. The van der Waals surface area contributed by atoms with Gasteiger partial charge in [0.25, 0.3) is 0 Å². The number of rotatable bonds is 7. The van der Waals surface area contributed by atoms with Crippen molar-refractivity contribution in [2.45, 2.75) is 79.4 Å². The molecule has 1 unspecified atom stereocenters. The van der Waals surface area contributed by atoms with Crippen LogP contribution in [0.3, 0.4) is 0 Å². The molecule has 0 aromatic carbocycles. The van der Waals surface area contributed by atoms with Gasteiger partial charge in [-0.2, -0.15) is 0 Å². The van der Waals surface area contributed by atoms with Crippen molar-refractivity contribution < 1.29 is 9.47 Å². The second kappa shape index (κ2) is 10.8. The van der Waals surface area contributed by atoms with Crippen LogP contribution in [-0.4, -0.2) is 19.5 Å². The summed E-state index contributed by atoms with van der Waals surface area (Å²) < 4.78 is 11.3. The van der Waals surface area contributed by atoms with Crippen molar-refractivity contribution in [1.82, 2.24) is 0 Å². The lowest BCUT2D eigenvalue weighted by Gasteiger charge is -2.32. The van der Waals surface area contributed by atoms with Crippen LogP contribution in [0.2, 0.25) is 0 Å². The molecule has 0 bridgehead atoms. The van der Waals surface area contributed by atoms with Crippen LogP contribution in [0.25, 0.3) is 0 Å². The quantitative estimate of drug-likeness (QED) is 0.446. The molecule has 0 aromatic rings. The van der Waals surface area contributed by atoms with Gasteiger partial charge in [-0.25, -0.2) is 0 Å². The molecule has 2 rings (SSSR count). The summed E-state index contributed by atoms with van der Waals surface area (Å²) in [6.07, 6.45) is 20.3. The Morgan fingerprint density at radius 1 is 1.15 bits per heavy atom. The molecule has 1 aliphatic carbocycles. The summed E-state index contributed by atoms with van der Waals surface area (Å²) in [7, 11) is 0. The second-order valence-corrected chi connectivity index (χ2v) is 8.61. The van der Waals surface area contributed by atoms with Gasteiger partial charge in [0.15, 0.2) is 6.29 Å². The second-order valence-electron chi connectivity index (χ2n) is 8.61. The third-order valence-corrected chi connectivity index (χ3v) is 5.60. The number of allylic oxidation sites excluding steroid dienone is 9. The summed E-state index contributed by atoms with van der Waals surface area (Å²) >= 11 is 0. The largest absolute Gasteiger partial charge is 0.353 e. The van der Waals surface area contributed by atoms with E-state index in [9.17, 15) is 0 Å². The normalized spacial score (nSPS) is 25.0. The molecule has 0 saturated carbocycles. The first-order chi connectivity index (χ1) is 12.9. The van der Waals surface area contributed by atoms with E-state index in [-0.39, 0.29) is 6.29 Å². The first-order valence-corrected chi connectivity index (χ1v) is 10.5. The van der Waals surface area contributed by atoms with Crippen molar-refractivity contribution >= 4 is 0 Å². The van der Waals surface area contributed by atoms with Gasteiger partial charge in [0.2, 0.25) is 0 Å². The predicted molar refractivity (Wildman–Crippen MR) is 116 cm³/mol. The van der Waals surface area contributed by atoms with Gasteiger partial charge in [-0.3, -0.25) is 0 Å². The molecule has 1 heterocycles. The first kappa shape index (κ1) is 21.9. The molecule has 0 radical (unpaired) electrons. The maximum absolute atomic E-state index is 5.75. The van der Waals surface area contributed by atoms with Crippen LogP contribution in [0.5, 0.6) is 0 Å². The van der Waals surface area contributed by atoms with Crippen molar-refractivity contribution in [3.8, 4) is 0 Å². The van der Waals surface area contributed by atoms with E-state index in [1.165, 1.54) is 42.4 Å². The van der Waals surface area contributed by atoms with Gasteiger partial charge in [0.1, 0.15) is 0 Å². The molecular formula is C25H38O2. The molecule has 0 N–H and O–H groups in total. The molecule has 1 saturated heterocycles. The number of hydrogen-bond donors (Lipinski definition) is 0. The van der Waals surface area contributed by atoms with Gasteiger partial charge in [0.05, 0.1) is 6.61 Å². The highest BCUT2D eigenvalue weighted by molar-refractivity contribution is 5.37. The van der Waals surface area contributed by atoms with Gasteiger partial charge in [-0.05, 0) is 70.3 Å². The highest BCUT2D eigenvalue weighted by atomic mass is 16.7. The van der Waals surface area contributed by atoms with E-state index in [4.69, 9.17) is 9.47 Å². The minimum Gasteiger partial charge on any atom is -0.353 e. The zero-order valence-corrected chi connectivity index (χ0v) is 18.0. The molecular weight excluding hydrogens is 332 g/mol. The Hall–Kier alpha value is -1.38. The van der Waals surface area contributed by atoms with E-state index in [1.807, 2.05) is 0 Å². The minimum absolute atomic E-state index is 0.0131. The van der Waals surface area contributed by atoms with E-state index in [0.717, 1.165) is 19.4 Å². The van der Waals surface area contributed by atoms with Crippen molar-refractivity contribution in [1.29, 1.82) is 0 Å². The third-order valence-electron chi connectivity index (χ3n) is 5.60. The zero-order valence-electron chi connectivity index (χ0n) is 18.0. The Morgan fingerprint density at radius 3 is 2.67 bits per heavy atom. The molecule has 2 aliphatic rings. The topological polar surface area (TPSA) is 18.5 Å². The number of ether oxygens (including phenoxy) is 2. The van der Waals surface area contributed by atoms with Crippen LogP contribution >= 0.6 is 0 Å². The molecule has 1 fully saturated rings. The van der Waals surface area contributed by atoms with Crippen LogP contribution in [0, 0.1) is 5.41 Å². The Kier molecular flexibility index (Phi) is 8.79. The molecule has 2 nitrogen and oxygen atoms in total. The van der Waals surface area contributed by atoms with E-state index in [2.05, 4.69) is 71.1 Å². The van der Waals surface area contributed by atoms with Crippen LogP contribution < -0.4 is 0 Å². The van der Waals surface area contributed by atoms with Crippen molar-refractivity contribution in [2.24, 2.45) is 5.41 Å². The van der Waals surface area contributed by atoms with Gasteiger partial charge < -0.3 is 9.47 Å². The lowest BCUT2D eigenvalue weighted by atomic mass is 9.72.